The monoisotopic (exact) mass is 284 g/mol. The van der Waals surface area contributed by atoms with Gasteiger partial charge in [-0.05, 0) is 35.7 Å². The Morgan fingerprint density at radius 2 is 1.71 bits per heavy atom. The van der Waals surface area contributed by atoms with Crippen LogP contribution in [-0.4, -0.2) is 11.4 Å². The zero-order valence-electron chi connectivity index (χ0n) is 12.9. The molecule has 0 radical (unpaired) electrons. The molecule has 1 aliphatic rings. The van der Waals surface area contributed by atoms with Crippen molar-refractivity contribution in [3.05, 3.63) is 59.0 Å². The van der Waals surface area contributed by atoms with Gasteiger partial charge in [0.05, 0.1) is 13.1 Å². The Bertz CT molecular complexity index is 563. The molecule has 2 heterocycles. The molecule has 0 saturated heterocycles. The molecule has 0 bridgehead atoms. The van der Waals surface area contributed by atoms with Crippen LogP contribution in [0.2, 0.25) is 0 Å². The van der Waals surface area contributed by atoms with Gasteiger partial charge in [-0.25, -0.2) is 0 Å². The summed E-state index contributed by atoms with van der Waals surface area (Å²) in [7, 11) is 0. The third kappa shape index (κ3) is 3.74. The van der Waals surface area contributed by atoms with E-state index in [1.165, 1.54) is 11.1 Å². The molecule has 1 aromatic carbocycles. The first-order valence-electron chi connectivity index (χ1n) is 7.78. The topological polar surface area (TPSA) is 28.4 Å². The van der Waals surface area contributed by atoms with Crippen molar-refractivity contribution in [1.29, 1.82) is 0 Å². The summed E-state index contributed by atoms with van der Waals surface area (Å²) in [5, 5.41) is 3.41. The number of furan rings is 1. The molecule has 0 fully saturated rings. The molecule has 1 N–H and O–H groups in total. The first kappa shape index (κ1) is 14.4. The van der Waals surface area contributed by atoms with E-state index in [-0.39, 0.29) is 0 Å². The van der Waals surface area contributed by atoms with Gasteiger partial charge in [-0.1, -0.05) is 38.1 Å². The maximum Gasteiger partial charge on any atom is 0.118 e. The van der Waals surface area contributed by atoms with Crippen molar-refractivity contribution < 1.29 is 4.42 Å². The number of nitrogens with one attached hydrogen (secondary N) is 1. The summed E-state index contributed by atoms with van der Waals surface area (Å²) in [5.41, 5.74) is 2.89. The highest BCUT2D eigenvalue weighted by molar-refractivity contribution is 5.30. The van der Waals surface area contributed by atoms with Gasteiger partial charge in [-0.2, -0.15) is 0 Å². The Morgan fingerprint density at radius 3 is 2.38 bits per heavy atom. The largest absolute Gasteiger partial charge is 0.463 e. The van der Waals surface area contributed by atoms with Crippen LogP contribution in [0.15, 0.2) is 40.8 Å². The highest BCUT2D eigenvalue weighted by atomic mass is 16.3. The van der Waals surface area contributed by atoms with Crippen LogP contribution in [0.25, 0.3) is 0 Å². The number of rotatable bonds is 6. The normalized spacial score (nSPS) is 14.8. The highest BCUT2D eigenvalue weighted by Gasteiger charge is 2.19. The zero-order valence-corrected chi connectivity index (χ0v) is 12.9. The van der Waals surface area contributed by atoms with Crippen molar-refractivity contribution >= 4 is 0 Å². The number of hydrogen-bond donors (Lipinski definition) is 1. The molecule has 3 nitrogen and oxygen atoms in total. The predicted octanol–water partition coefficient (Wildman–Crippen LogP) is 3.54. The number of fused-ring (bicyclic) bond motifs is 1. The zero-order chi connectivity index (χ0) is 14.7. The van der Waals surface area contributed by atoms with E-state index in [4.69, 9.17) is 4.42 Å². The lowest BCUT2D eigenvalue weighted by Crippen LogP contribution is -2.18. The van der Waals surface area contributed by atoms with Crippen LogP contribution in [0.4, 0.5) is 0 Å². The summed E-state index contributed by atoms with van der Waals surface area (Å²) < 4.78 is 5.92. The molecular formula is C18H24N2O. The van der Waals surface area contributed by atoms with Crippen LogP contribution >= 0.6 is 0 Å². The van der Waals surface area contributed by atoms with Crippen molar-refractivity contribution in [2.24, 2.45) is 5.92 Å². The Kier molecular flexibility index (Phi) is 4.42. The highest BCUT2D eigenvalue weighted by Crippen LogP contribution is 2.24. The van der Waals surface area contributed by atoms with Crippen LogP contribution in [0.1, 0.15) is 36.5 Å². The molecule has 0 aliphatic carbocycles. The summed E-state index contributed by atoms with van der Waals surface area (Å²) in [6.07, 6.45) is 0. The van der Waals surface area contributed by atoms with Crippen molar-refractivity contribution in [2.45, 2.75) is 40.0 Å². The van der Waals surface area contributed by atoms with Gasteiger partial charge in [0.15, 0.2) is 0 Å². The van der Waals surface area contributed by atoms with Crippen molar-refractivity contribution in [3.8, 4) is 0 Å². The minimum atomic E-state index is 0.669. The van der Waals surface area contributed by atoms with Gasteiger partial charge >= 0.3 is 0 Å². The maximum absolute atomic E-state index is 5.92. The lowest BCUT2D eigenvalue weighted by molar-refractivity contribution is 0.247. The minimum absolute atomic E-state index is 0.669. The smallest absolute Gasteiger partial charge is 0.118 e. The maximum atomic E-state index is 5.92. The van der Waals surface area contributed by atoms with Gasteiger partial charge in [0, 0.05) is 13.1 Å². The van der Waals surface area contributed by atoms with E-state index in [9.17, 15) is 0 Å². The molecule has 0 spiro atoms. The molecule has 0 amide bonds. The van der Waals surface area contributed by atoms with Gasteiger partial charge in [0.2, 0.25) is 0 Å². The molecule has 1 aromatic heterocycles. The van der Waals surface area contributed by atoms with Crippen LogP contribution in [-0.2, 0) is 26.2 Å². The van der Waals surface area contributed by atoms with E-state index >= 15 is 0 Å². The van der Waals surface area contributed by atoms with E-state index in [2.05, 4.69) is 60.5 Å². The summed E-state index contributed by atoms with van der Waals surface area (Å²) in [5.74, 6) is 2.76. The third-order valence-corrected chi connectivity index (χ3v) is 3.85. The SMILES string of the molecule is CC(C)CNCc1ccc(CN2Cc3ccccc3C2)o1. The van der Waals surface area contributed by atoms with E-state index in [1.54, 1.807) is 0 Å². The van der Waals surface area contributed by atoms with Gasteiger partial charge in [-0.3, -0.25) is 4.90 Å². The molecule has 21 heavy (non-hydrogen) atoms. The fraction of sp³-hybridized carbons (Fsp3) is 0.444. The molecule has 0 unspecified atom stereocenters. The number of hydrogen-bond acceptors (Lipinski definition) is 3. The van der Waals surface area contributed by atoms with E-state index in [1.807, 2.05) is 0 Å². The summed E-state index contributed by atoms with van der Waals surface area (Å²) >= 11 is 0. The molecule has 3 rings (SSSR count). The first-order chi connectivity index (χ1) is 10.2. The molecule has 0 atom stereocenters. The Labute approximate surface area is 127 Å². The fourth-order valence-electron chi connectivity index (χ4n) is 2.82. The second-order valence-electron chi connectivity index (χ2n) is 6.31. The van der Waals surface area contributed by atoms with E-state index in [0.717, 1.165) is 44.2 Å². The van der Waals surface area contributed by atoms with Gasteiger partial charge in [0.25, 0.3) is 0 Å². The van der Waals surface area contributed by atoms with E-state index in [0.29, 0.717) is 5.92 Å². The molecule has 2 aromatic rings. The first-order valence-corrected chi connectivity index (χ1v) is 7.78. The quantitative estimate of drug-likeness (QED) is 0.879. The number of nitrogens with zero attached hydrogens (tertiary/aromatic N) is 1. The molecule has 112 valence electrons. The van der Waals surface area contributed by atoms with Crippen LogP contribution in [0.5, 0.6) is 0 Å². The van der Waals surface area contributed by atoms with Crippen LogP contribution in [0.3, 0.4) is 0 Å². The molecule has 3 heteroatoms. The lowest BCUT2D eigenvalue weighted by atomic mass is 10.1. The Balaban J connectivity index is 1.52. The van der Waals surface area contributed by atoms with Crippen LogP contribution < -0.4 is 5.32 Å². The predicted molar refractivity (Wildman–Crippen MR) is 84.6 cm³/mol. The lowest BCUT2D eigenvalue weighted by Gasteiger charge is -2.12. The van der Waals surface area contributed by atoms with Gasteiger partial charge in [0.1, 0.15) is 11.5 Å². The molecule has 1 aliphatic heterocycles. The minimum Gasteiger partial charge on any atom is -0.463 e. The second kappa shape index (κ2) is 6.46. The average Bonchev–Trinajstić information content (AvgIpc) is 3.04. The summed E-state index contributed by atoms with van der Waals surface area (Å²) in [6.45, 7) is 9.21. The van der Waals surface area contributed by atoms with Crippen molar-refractivity contribution in [1.82, 2.24) is 10.2 Å². The standard InChI is InChI=1S/C18H24N2O/c1-14(2)9-19-10-17-7-8-18(21-17)13-20-11-15-5-3-4-6-16(15)12-20/h3-8,14,19H,9-13H2,1-2H3. The average molecular weight is 284 g/mol. The Morgan fingerprint density at radius 1 is 1.05 bits per heavy atom. The third-order valence-electron chi connectivity index (χ3n) is 3.85. The van der Waals surface area contributed by atoms with Gasteiger partial charge in [-0.15, -0.1) is 0 Å². The fourth-order valence-corrected chi connectivity index (χ4v) is 2.82. The van der Waals surface area contributed by atoms with E-state index < -0.39 is 0 Å². The summed E-state index contributed by atoms with van der Waals surface area (Å²) in [6, 6.07) is 12.9. The molecular weight excluding hydrogens is 260 g/mol. The molecule has 0 saturated carbocycles. The number of benzene rings is 1. The van der Waals surface area contributed by atoms with Gasteiger partial charge < -0.3 is 9.73 Å². The van der Waals surface area contributed by atoms with Crippen molar-refractivity contribution in [3.63, 3.8) is 0 Å². The van der Waals surface area contributed by atoms with Crippen molar-refractivity contribution in [2.75, 3.05) is 6.54 Å². The summed E-state index contributed by atoms with van der Waals surface area (Å²) in [4.78, 5) is 2.43. The Hall–Kier alpha value is -1.58. The van der Waals surface area contributed by atoms with Crippen LogP contribution in [0, 0.1) is 5.92 Å². The second-order valence-corrected chi connectivity index (χ2v) is 6.31.